The van der Waals surface area contributed by atoms with Crippen LogP contribution < -0.4 is 16.6 Å². The van der Waals surface area contributed by atoms with Gasteiger partial charge < -0.3 is 10.2 Å². The van der Waals surface area contributed by atoms with Crippen molar-refractivity contribution in [2.75, 3.05) is 25.0 Å². The Morgan fingerprint density at radius 1 is 1.32 bits per heavy atom. The quantitative estimate of drug-likeness (QED) is 0.332. The van der Waals surface area contributed by atoms with Gasteiger partial charge in [-0.25, -0.2) is 10.8 Å². The lowest BCUT2D eigenvalue weighted by Crippen LogP contribution is -2.38. The van der Waals surface area contributed by atoms with Gasteiger partial charge in [0, 0.05) is 12.2 Å². The van der Waals surface area contributed by atoms with Gasteiger partial charge in [0.1, 0.15) is 0 Å². The van der Waals surface area contributed by atoms with E-state index in [-0.39, 0.29) is 6.04 Å². The largest absolute Gasteiger partial charge is 0.325 e. The molecule has 19 heavy (non-hydrogen) atoms. The van der Waals surface area contributed by atoms with Crippen molar-refractivity contribution >= 4 is 11.6 Å². The Labute approximate surface area is 114 Å². The van der Waals surface area contributed by atoms with Gasteiger partial charge in [-0.3, -0.25) is 5.43 Å². The summed E-state index contributed by atoms with van der Waals surface area (Å²) < 4.78 is 0. The van der Waals surface area contributed by atoms with Crippen LogP contribution in [0.1, 0.15) is 19.8 Å². The first-order chi connectivity index (χ1) is 9.28. The molecule has 0 bridgehead atoms. The van der Waals surface area contributed by atoms with Crippen molar-refractivity contribution in [3.05, 3.63) is 30.3 Å². The van der Waals surface area contributed by atoms with Crippen LogP contribution in [0.3, 0.4) is 0 Å². The van der Waals surface area contributed by atoms with E-state index in [1.165, 1.54) is 25.9 Å². The highest BCUT2D eigenvalue weighted by atomic mass is 15.3. The van der Waals surface area contributed by atoms with Crippen LogP contribution in [0.2, 0.25) is 0 Å². The number of hydrazine groups is 1. The van der Waals surface area contributed by atoms with Gasteiger partial charge in [-0.1, -0.05) is 18.2 Å². The van der Waals surface area contributed by atoms with Gasteiger partial charge >= 0.3 is 0 Å². The fourth-order valence-electron chi connectivity index (χ4n) is 2.36. The molecule has 1 aliphatic heterocycles. The maximum Gasteiger partial charge on any atom is 0.210 e. The predicted molar refractivity (Wildman–Crippen MR) is 80.0 cm³/mol. The molecule has 1 fully saturated rings. The molecule has 1 saturated heterocycles. The van der Waals surface area contributed by atoms with E-state index < -0.39 is 0 Å². The molecule has 1 aromatic carbocycles. The van der Waals surface area contributed by atoms with Gasteiger partial charge in [0.2, 0.25) is 5.96 Å². The summed E-state index contributed by atoms with van der Waals surface area (Å²) in [6.45, 7) is 5.48. The van der Waals surface area contributed by atoms with Crippen LogP contribution in [0, 0.1) is 0 Å². The van der Waals surface area contributed by atoms with Crippen molar-refractivity contribution in [3.8, 4) is 0 Å². The highest BCUT2D eigenvalue weighted by Crippen LogP contribution is 2.09. The summed E-state index contributed by atoms with van der Waals surface area (Å²) in [5.41, 5.74) is 3.61. The van der Waals surface area contributed by atoms with Crippen LogP contribution in [0.4, 0.5) is 5.69 Å². The lowest BCUT2D eigenvalue weighted by atomic mass is 10.3. The first kappa shape index (κ1) is 13.8. The molecule has 0 saturated carbocycles. The second-order valence-corrected chi connectivity index (χ2v) is 4.97. The zero-order chi connectivity index (χ0) is 13.5. The van der Waals surface area contributed by atoms with Crippen molar-refractivity contribution in [2.45, 2.75) is 25.8 Å². The lowest BCUT2D eigenvalue weighted by molar-refractivity contribution is 0.321. The summed E-state index contributed by atoms with van der Waals surface area (Å²) in [5.74, 6) is 6.13. The number of benzene rings is 1. The smallest absolute Gasteiger partial charge is 0.210 e. The van der Waals surface area contributed by atoms with Crippen molar-refractivity contribution in [2.24, 2.45) is 10.8 Å². The minimum absolute atomic E-state index is 0.223. The number of rotatable bonds is 4. The van der Waals surface area contributed by atoms with Gasteiger partial charge in [-0.05, 0) is 45.0 Å². The second kappa shape index (κ2) is 7.11. The average Bonchev–Trinajstić information content (AvgIpc) is 2.92. The van der Waals surface area contributed by atoms with Gasteiger partial charge in [-0.15, -0.1) is 0 Å². The molecule has 5 heteroatoms. The number of guanidine groups is 1. The third-order valence-corrected chi connectivity index (χ3v) is 3.24. The maximum atomic E-state index is 5.52. The molecule has 1 unspecified atom stereocenters. The van der Waals surface area contributed by atoms with E-state index in [2.05, 4.69) is 27.6 Å². The molecule has 104 valence electrons. The third kappa shape index (κ3) is 4.54. The highest BCUT2D eigenvalue weighted by Gasteiger charge is 2.14. The monoisotopic (exact) mass is 261 g/mol. The van der Waals surface area contributed by atoms with Gasteiger partial charge in [0.15, 0.2) is 0 Å². The van der Waals surface area contributed by atoms with Crippen LogP contribution in [-0.2, 0) is 0 Å². The Hall–Kier alpha value is -1.59. The summed E-state index contributed by atoms with van der Waals surface area (Å²) in [7, 11) is 0. The van der Waals surface area contributed by atoms with Crippen LogP contribution in [0.15, 0.2) is 35.3 Å². The zero-order valence-corrected chi connectivity index (χ0v) is 11.5. The van der Waals surface area contributed by atoms with E-state index in [9.17, 15) is 0 Å². The number of hydrogen-bond acceptors (Lipinski definition) is 3. The summed E-state index contributed by atoms with van der Waals surface area (Å²) in [4.78, 5) is 7.03. The van der Waals surface area contributed by atoms with Crippen LogP contribution in [0.25, 0.3) is 0 Å². The maximum absolute atomic E-state index is 5.52. The third-order valence-electron chi connectivity index (χ3n) is 3.24. The molecule has 0 radical (unpaired) electrons. The molecule has 0 aromatic heterocycles. The van der Waals surface area contributed by atoms with Gasteiger partial charge in [0.05, 0.1) is 6.04 Å². The fourth-order valence-corrected chi connectivity index (χ4v) is 2.36. The molecule has 4 N–H and O–H groups in total. The van der Waals surface area contributed by atoms with Crippen molar-refractivity contribution < 1.29 is 0 Å². The minimum Gasteiger partial charge on any atom is -0.325 e. The normalized spacial score (nSPS) is 18.3. The van der Waals surface area contributed by atoms with Crippen molar-refractivity contribution in [1.29, 1.82) is 0 Å². The first-order valence-electron chi connectivity index (χ1n) is 6.87. The van der Waals surface area contributed by atoms with Crippen LogP contribution in [0.5, 0.6) is 0 Å². The Kier molecular flexibility index (Phi) is 5.18. The molecule has 1 atom stereocenters. The number of anilines is 1. The molecule has 0 amide bonds. The molecule has 1 aromatic rings. The van der Waals surface area contributed by atoms with E-state index in [0.717, 1.165) is 12.2 Å². The predicted octanol–water partition coefficient (Wildman–Crippen LogP) is 1.40. The van der Waals surface area contributed by atoms with Gasteiger partial charge in [-0.2, -0.15) is 0 Å². The van der Waals surface area contributed by atoms with Gasteiger partial charge in [0.25, 0.3) is 0 Å². The number of nitrogens with two attached hydrogens (primary N) is 1. The molecular formula is C14H23N5. The first-order valence-corrected chi connectivity index (χ1v) is 6.87. The Balaban J connectivity index is 1.90. The van der Waals surface area contributed by atoms with E-state index in [1.54, 1.807) is 0 Å². The SMILES string of the molecule is CC(CN1CCCC1)N=C(NN)Nc1ccccc1. The molecule has 1 heterocycles. The number of nitrogens with one attached hydrogen (secondary N) is 2. The van der Waals surface area contributed by atoms with E-state index in [0.29, 0.717) is 5.96 Å². The molecule has 2 rings (SSSR count). The fraction of sp³-hybridized carbons (Fsp3) is 0.500. The number of likely N-dealkylation sites (tertiary alicyclic amines) is 1. The molecule has 0 aliphatic carbocycles. The summed E-state index contributed by atoms with van der Waals surface area (Å²) >= 11 is 0. The number of para-hydroxylation sites is 1. The number of nitrogens with zero attached hydrogens (tertiary/aromatic N) is 2. The zero-order valence-electron chi connectivity index (χ0n) is 11.5. The molecule has 0 spiro atoms. The minimum atomic E-state index is 0.223. The lowest BCUT2D eigenvalue weighted by Gasteiger charge is -2.18. The molecule has 5 nitrogen and oxygen atoms in total. The Morgan fingerprint density at radius 2 is 2.00 bits per heavy atom. The second-order valence-electron chi connectivity index (χ2n) is 4.97. The van der Waals surface area contributed by atoms with Crippen molar-refractivity contribution in [3.63, 3.8) is 0 Å². The topological polar surface area (TPSA) is 65.7 Å². The van der Waals surface area contributed by atoms with E-state index in [4.69, 9.17) is 5.84 Å². The standard InChI is InChI=1S/C14H23N5/c1-12(11-19-9-5-6-10-19)16-14(18-15)17-13-7-3-2-4-8-13/h2-4,7-8,12H,5-6,9-11,15H2,1H3,(H2,16,17,18). The Bertz CT molecular complexity index is 398. The molecule has 1 aliphatic rings. The molecular weight excluding hydrogens is 238 g/mol. The summed E-state index contributed by atoms with van der Waals surface area (Å²) in [6.07, 6.45) is 2.61. The van der Waals surface area contributed by atoms with Crippen LogP contribution in [-0.4, -0.2) is 36.5 Å². The van der Waals surface area contributed by atoms with Crippen molar-refractivity contribution in [1.82, 2.24) is 10.3 Å². The number of aliphatic imine (C=N–C) groups is 1. The van der Waals surface area contributed by atoms with E-state index >= 15 is 0 Å². The van der Waals surface area contributed by atoms with Crippen LogP contribution >= 0.6 is 0 Å². The summed E-state index contributed by atoms with van der Waals surface area (Å²) in [5, 5.41) is 3.18. The average molecular weight is 261 g/mol. The summed E-state index contributed by atoms with van der Waals surface area (Å²) in [6, 6.07) is 10.1. The Morgan fingerprint density at radius 3 is 2.63 bits per heavy atom. The van der Waals surface area contributed by atoms with E-state index in [1.807, 2.05) is 30.3 Å². The number of hydrogen-bond donors (Lipinski definition) is 3. The highest BCUT2D eigenvalue weighted by molar-refractivity contribution is 5.93.